The Bertz CT molecular complexity index is 608. The van der Waals surface area contributed by atoms with Crippen LogP contribution in [0.3, 0.4) is 0 Å². The molecule has 1 heterocycles. The molecule has 2 aromatic rings. The first-order valence-electron chi connectivity index (χ1n) is 6.51. The number of rotatable bonds is 4. The molecular formula is C15H18BrClN2O. The van der Waals surface area contributed by atoms with Crippen LogP contribution in [-0.4, -0.2) is 14.9 Å². The molecule has 1 aromatic carbocycles. The summed E-state index contributed by atoms with van der Waals surface area (Å²) < 4.78 is 2.78. The fraction of sp³-hybridized carbons (Fsp3) is 0.400. The third-order valence-electron chi connectivity index (χ3n) is 3.23. The van der Waals surface area contributed by atoms with E-state index in [1.54, 1.807) is 13.0 Å². The first kappa shape index (κ1) is 15.5. The molecule has 1 aromatic heterocycles. The van der Waals surface area contributed by atoms with E-state index in [4.69, 9.17) is 11.6 Å². The number of hydrogen-bond donors (Lipinski definition) is 1. The molecule has 3 nitrogen and oxygen atoms in total. The van der Waals surface area contributed by atoms with Gasteiger partial charge in [0, 0.05) is 33.7 Å². The van der Waals surface area contributed by atoms with Gasteiger partial charge in [-0.3, -0.25) is 4.68 Å². The topological polar surface area (TPSA) is 38.0 Å². The van der Waals surface area contributed by atoms with E-state index in [0.717, 1.165) is 10.2 Å². The number of aromatic nitrogens is 2. The highest BCUT2D eigenvalue weighted by molar-refractivity contribution is 9.10. The second-order valence-electron chi connectivity index (χ2n) is 5.46. The molecule has 0 amide bonds. The fourth-order valence-electron chi connectivity index (χ4n) is 2.13. The summed E-state index contributed by atoms with van der Waals surface area (Å²) in [5, 5.41) is 15.7. The van der Waals surface area contributed by atoms with Gasteiger partial charge in [0.25, 0.3) is 0 Å². The van der Waals surface area contributed by atoms with Crippen molar-refractivity contribution in [2.75, 3.05) is 0 Å². The molecule has 0 radical (unpaired) electrons. The molecule has 0 bridgehead atoms. The van der Waals surface area contributed by atoms with E-state index in [9.17, 15) is 5.11 Å². The first-order chi connectivity index (χ1) is 9.29. The molecule has 0 spiro atoms. The lowest BCUT2D eigenvalue weighted by Gasteiger charge is -2.24. The van der Waals surface area contributed by atoms with Crippen LogP contribution in [0.5, 0.6) is 0 Å². The highest BCUT2D eigenvalue weighted by Gasteiger charge is 2.27. The maximum atomic E-state index is 10.7. The molecule has 108 valence electrons. The highest BCUT2D eigenvalue weighted by atomic mass is 79.9. The van der Waals surface area contributed by atoms with Gasteiger partial charge in [-0.1, -0.05) is 33.6 Å². The molecule has 0 saturated carbocycles. The lowest BCUT2D eigenvalue weighted by Crippen LogP contribution is -2.25. The monoisotopic (exact) mass is 356 g/mol. The predicted molar refractivity (Wildman–Crippen MR) is 85.0 cm³/mol. The summed E-state index contributed by atoms with van der Waals surface area (Å²) in [6, 6.07) is 7.75. The maximum absolute atomic E-state index is 10.7. The van der Waals surface area contributed by atoms with Gasteiger partial charge in [-0.2, -0.15) is 5.10 Å². The molecule has 1 atom stereocenters. The third kappa shape index (κ3) is 3.43. The minimum absolute atomic E-state index is 0.310. The molecule has 0 aliphatic rings. The third-order valence-corrected chi connectivity index (χ3v) is 4.04. The molecule has 2 rings (SSSR count). The van der Waals surface area contributed by atoms with E-state index in [0.29, 0.717) is 23.0 Å². The van der Waals surface area contributed by atoms with Gasteiger partial charge in [0.2, 0.25) is 0 Å². The summed E-state index contributed by atoms with van der Waals surface area (Å²) in [5.41, 5.74) is 0.512. The Hall–Kier alpha value is -0.840. The number of benzene rings is 1. The molecule has 20 heavy (non-hydrogen) atoms. The van der Waals surface area contributed by atoms with Gasteiger partial charge in [0.15, 0.2) is 0 Å². The molecule has 1 N–H and O–H groups in total. The zero-order valence-corrected chi connectivity index (χ0v) is 14.1. The van der Waals surface area contributed by atoms with Crippen molar-refractivity contribution >= 4 is 27.5 Å². The van der Waals surface area contributed by atoms with Gasteiger partial charge in [-0.25, -0.2) is 0 Å². The smallest absolute Gasteiger partial charge is 0.0938 e. The second kappa shape index (κ2) is 5.88. The van der Waals surface area contributed by atoms with Crippen molar-refractivity contribution in [1.29, 1.82) is 0 Å². The molecular weight excluding hydrogens is 340 g/mol. The number of halogens is 2. The van der Waals surface area contributed by atoms with E-state index >= 15 is 0 Å². The van der Waals surface area contributed by atoms with Crippen molar-refractivity contribution < 1.29 is 5.11 Å². The Balaban J connectivity index is 2.25. The number of aliphatic hydroxyl groups is 1. The number of nitrogens with zero attached hydrogens (tertiary/aromatic N) is 2. The molecule has 1 unspecified atom stereocenters. The van der Waals surface area contributed by atoms with Crippen molar-refractivity contribution in [2.24, 2.45) is 0 Å². The van der Waals surface area contributed by atoms with Crippen LogP contribution < -0.4 is 0 Å². The Kier molecular flexibility index (Phi) is 4.57. The fourth-order valence-corrected chi connectivity index (χ4v) is 3.01. The van der Waals surface area contributed by atoms with Gasteiger partial charge in [0.05, 0.1) is 11.3 Å². The van der Waals surface area contributed by atoms with Crippen LogP contribution in [0.15, 0.2) is 34.9 Å². The second-order valence-corrected chi connectivity index (χ2v) is 6.78. The predicted octanol–water partition coefficient (Wildman–Crippen LogP) is 4.33. The molecule has 0 aliphatic carbocycles. The Labute approximate surface area is 132 Å². The Morgan fingerprint density at radius 3 is 2.65 bits per heavy atom. The minimum Gasteiger partial charge on any atom is -0.385 e. The molecule has 5 heteroatoms. The van der Waals surface area contributed by atoms with Crippen molar-refractivity contribution in [2.45, 2.75) is 38.8 Å². The normalized spacial score (nSPS) is 14.6. The Morgan fingerprint density at radius 2 is 2.10 bits per heavy atom. The van der Waals surface area contributed by atoms with E-state index in [1.807, 2.05) is 29.1 Å². The van der Waals surface area contributed by atoms with Crippen molar-refractivity contribution in [1.82, 2.24) is 9.78 Å². The summed E-state index contributed by atoms with van der Waals surface area (Å²) in [6.07, 6.45) is 2.35. The number of hydrogen-bond acceptors (Lipinski definition) is 2. The molecule has 0 fully saturated rings. The highest BCUT2D eigenvalue weighted by Crippen LogP contribution is 2.32. The van der Waals surface area contributed by atoms with Gasteiger partial charge in [-0.05, 0) is 39.0 Å². The van der Waals surface area contributed by atoms with E-state index in [1.165, 1.54) is 0 Å². The molecule has 0 saturated heterocycles. The van der Waals surface area contributed by atoms with Crippen LogP contribution in [0, 0.1) is 0 Å². The van der Waals surface area contributed by atoms with Crippen LogP contribution in [0.2, 0.25) is 5.02 Å². The van der Waals surface area contributed by atoms with Crippen molar-refractivity contribution in [3.63, 3.8) is 0 Å². The van der Waals surface area contributed by atoms with Crippen LogP contribution in [0.25, 0.3) is 0 Å². The summed E-state index contributed by atoms with van der Waals surface area (Å²) in [5.74, 6) is 0. The quantitative estimate of drug-likeness (QED) is 0.884. The standard InChI is InChI=1S/C15H18BrClN2O/c1-10(2)19-7-6-12(18-19)9-15(3,20)13-5-4-11(16)8-14(13)17/h4-8,10,20H,9H2,1-3H3. The van der Waals surface area contributed by atoms with Crippen molar-refractivity contribution in [3.05, 3.63) is 51.2 Å². The first-order valence-corrected chi connectivity index (χ1v) is 7.68. The zero-order chi connectivity index (χ0) is 14.9. The van der Waals surface area contributed by atoms with E-state index in [2.05, 4.69) is 34.9 Å². The summed E-state index contributed by atoms with van der Waals surface area (Å²) in [4.78, 5) is 0. The van der Waals surface area contributed by atoms with Crippen molar-refractivity contribution in [3.8, 4) is 0 Å². The van der Waals surface area contributed by atoms with Gasteiger partial charge >= 0.3 is 0 Å². The van der Waals surface area contributed by atoms with Crippen LogP contribution in [-0.2, 0) is 12.0 Å². The average molecular weight is 358 g/mol. The maximum Gasteiger partial charge on any atom is 0.0938 e. The summed E-state index contributed by atoms with van der Waals surface area (Å²) in [6.45, 7) is 5.90. The van der Waals surface area contributed by atoms with Crippen LogP contribution in [0.4, 0.5) is 0 Å². The van der Waals surface area contributed by atoms with Crippen LogP contribution in [0.1, 0.15) is 38.1 Å². The van der Waals surface area contributed by atoms with Gasteiger partial charge in [-0.15, -0.1) is 0 Å². The lowest BCUT2D eigenvalue weighted by molar-refractivity contribution is 0.0565. The minimum atomic E-state index is -1.05. The largest absolute Gasteiger partial charge is 0.385 e. The van der Waals surface area contributed by atoms with E-state index < -0.39 is 5.60 Å². The van der Waals surface area contributed by atoms with Gasteiger partial charge in [0.1, 0.15) is 0 Å². The summed E-state index contributed by atoms with van der Waals surface area (Å²) in [7, 11) is 0. The molecule has 0 aliphatic heterocycles. The average Bonchev–Trinajstić information content (AvgIpc) is 2.76. The lowest BCUT2D eigenvalue weighted by atomic mass is 9.91. The zero-order valence-electron chi connectivity index (χ0n) is 11.8. The van der Waals surface area contributed by atoms with Gasteiger partial charge < -0.3 is 5.11 Å². The van der Waals surface area contributed by atoms with Crippen LogP contribution >= 0.6 is 27.5 Å². The SMILES string of the molecule is CC(C)n1ccc(CC(C)(O)c2ccc(Br)cc2Cl)n1. The van der Waals surface area contributed by atoms with E-state index in [-0.39, 0.29) is 0 Å². The Morgan fingerprint density at radius 1 is 1.40 bits per heavy atom. The summed E-state index contributed by atoms with van der Waals surface area (Å²) >= 11 is 9.59.